The minimum absolute atomic E-state index is 0.0569. The van der Waals surface area contributed by atoms with Gasteiger partial charge in [0.25, 0.3) is 5.91 Å². The number of hydrogen-bond acceptors (Lipinski definition) is 2. The minimum atomic E-state index is 0.0569. The minimum Gasteiger partial charge on any atom is -0.336 e. The average molecular weight is 330 g/mol. The van der Waals surface area contributed by atoms with Gasteiger partial charge in [0, 0.05) is 22.0 Å². The van der Waals surface area contributed by atoms with E-state index in [0.29, 0.717) is 11.5 Å². The van der Waals surface area contributed by atoms with Crippen molar-refractivity contribution in [2.24, 2.45) is 5.92 Å². The molecule has 0 aliphatic rings. The molecule has 0 aliphatic carbocycles. The fourth-order valence-electron chi connectivity index (χ4n) is 1.75. The van der Waals surface area contributed by atoms with E-state index in [1.165, 1.54) is 0 Å². The number of hydrogen-bond donors (Lipinski definition) is 1. The maximum atomic E-state index is 12.6. The Morgan fingerprint density at radius 1 is 1.33 bits per heavy atom. The summed E-state index contributed by atoms with van der Waals surface area (Å²) in [5.41, 5.74) is 0.678. The van der Waals surface area contributed by atoms with Crippen LogP contribution in [0.2, 0.25) is 0 Å². The summed E-state index contributed by atoms with van der Waals surface area (Å²) in [4.78, 5) is 15.3. The van der Waals surface area contributed by atoms with Gasteiger partial charge in [0.1, 0.15) is 0 Å². The Hall–Kier alpha value is -0.480. The third-order valence-electron chi connectivity index (χ3n) is 2.63. The molecular weight excluding hydrogens is 310 g/mol. The van der Waals surface area contributed by atoms with Crippen molar-refractivity contribution in [3.8, 4) is 0 Å². The van der Waals surface area contributed by atoms with Gasteiger partial charge in [0.15, 0.2) is 0 Å². The summed E-state index contributed by atoms with van der Waals surface area (Å²) in [7, 11) is 0. The fraction of sp³-hybridized carbons (Fsp3) is 0.500. The van der Waals surface area contributed by atoms with Crippen molar-refractivity contribution >= 4 is 34.5 Å². The van der Waals surface area contributed by atoms with Gasteiger partial charge in [-0.3, -0.25) is 4.79 Å². The second-order valence-corrected chi connectivity index (χ2v) is 6.48. The van der Waals surface area contributed by atoms with Gasteiger partial charge in [0.2, 0.25) is 0 Å². The Balaban J connectivity index is 3.05. The van der Waals surface area contributed by atoms with Gasteiger partial charge < -0.3 is 4.90 Å². The molecule has 0 saturated heterocycles. The highest BCUT2D eigenvalue weighted by atomic mass is 79.9. The van der Waals surface area contributed by atoms with Gasteiger partial charge in [-0.1, -0.05) is 13.8 Å². The van der Waals surface area contributed by atoms with Crippen molar-refractivity contribution in [2.45, 2.75) is 38.6 Å². The molecule has 0 aromatic heterocycles. The smallest absolute Gasteiger partial charge is 0.255 e. The number of halogens is 1. The van der Waals surface area contributed by atoms with Crippen LogP contribution in [0.4, 0.5) is 0 Å². The lowest BCUT2D eigenvalue weighted by atomic mass is 10.1. The largest absolute Gasteiger partial charge is 0.336 e. The molecule has 0 fully saturated rings. The number of rotatable bonds is 4. The molecule has 0 spiro atoms. The van der Waals surface area contributed by atoms with Crippen molar-refractivity contribution < 1.29 is 4.79 Å². The van der Waals surface area contributed by atoms with E-state index >= 15 is 0 Å². The molecular formula is C14H20BrNOS. The van der Waals surface area contributed by atoms with Crippen LogP contribution in [0.3, 0.4) is 0 Å². The fourth-order valence-corrected chi connectivity index (χ4v) is 2.37. The third-order valence-corrected chi connectivity index (χ3v) is 3.60. The summed E-state index contributed by atoms with van der Waals surface area (Å²) in [5.74, 6) is 0.510. The van der Waals surface area contributed by atoms with E-state index in [4.69, 9.17) is 0 Å². The number of amides is 1. The number of nitrogens with zero attached hydrogens (tertiary/aromatic N) is 1. The van der Waals surface area contributed by atoms with Crippen LogP contribution in [0.1, 0.15) is 38.1 Å². The van der Waals surface area contributed by atoms with E-state index in [-0.39, 0.29) is 11.9 Å². The molecule has 0 aliphatic heterocycles. The molecule has 2 nitrogen and oxygen atoms in total. The van der Waals surface area contributed by atoms with E-state index in [2.05, 4.69) is 42.4 Å². The van der Waals surface area contributed by atoms with Gasteiger partial charge in [-0.15, -0.1) is 12.6 Å². The number of thiol groups is 1. The van der Waals surface area contributed by atoms with Crippen LogP contribution in [0.5, 0.6) is 0 Å². The van der Waals surface area contributed by atoms with Crippen molar-refractivity contribution in [1.29, 1.82) is 0 Å². The predicted molar refractivity (Wildman–Crippen MR) is 82.4 cm³/mol. The van der Waals surface area contributed by atoms with Crippen LogP contribution in [0.25, 0.3) is 0 Å². The molecule has 0 atom stereocenters. The zero-order chi connectivity index (χ0) is 13.9. The summed E-state index contributed by atoms with van der Waals surface area (Å²) in [5, 5.41) is 0. The van der Waals surface area contributed by atoms with E-state index in [1.54, 1.807) is 0 Å². The zero-order valence-corrected chi connectivity index (χ0v) is 13.8. The Kier molecular flexibility index (Phi) is 5.73. The van der Waals surface area contributed by atoms with Gasteiger partial charge in [-0.05, 0) is 53.9 Å². The number of carbonyl (C=O) groups is 1. The van der Waals surface area contributed by atoms with Crippen molar-refractivity contribution in [3.63, 3.8) is 0 Å². The van der Waals surface area contributed by atoms with Crippen LogP contribution >= 0.6 is 28.6 Å². The van der Waals surface area contributed by atoms with E-state index in [0.717, 1.165) is 15.9 Å². The van der Waals surface area contributed by atoms with Crippen LogP contribution in [0, 0.1) is 5.92 Å². The van der Waals surface area contributed by atoms with Gasteiger partial charge in [-0.2, -0.15) is 0 Å². The second kappa shape index (κ2) is 6.62. The summed E-state index contributed by atoms with van der Waals surface area (Å²) in [6.07, 6.45) is 0. The lowest BCUT2D eigenvalue weighted by molar-refractivity contribution is 0.0680. The first kappa shape index (κ1) is 15.6. The maximum Gasteiger partial charge on any atom is 0.255 e. The summed E-state index contributed by atoms with van der Waals surface area (Å²) in [6.45, 7) is 9.08. The van der Waals surface area contributed by atoms with Crippen LogP contribution in [-0.4, -0.2) is 23.4 Å². The summed E-state index contributed by atoms with van der Waals surface area (Å²) >= 11 is 7.73. The predicted octanol–water partition coefficient (Wildman–Crippen LogP) is 4.24. The Labute approximate surface area is 123 Å². The molecule has 0 N–H and O–H groups in total. The SMILES string of the molecule is CC(C)CN(C(=O)c1cc(S)ccc1Br)C(C)C. The first-order chi connectivity index (χ1) is 8.32. The Bertz CT molecular complexity index is 432. The zero-order valence-electron chi connectivity index (χ0n) is 11.3. The monoisotopic (exact) mass is 329 g/mol. The molecule has 0 bridgehead atoms. The van der Waals surface area contributed by atoms with E-state index in [1.807, 2.05) is 36.9 Å². The highest BCUT2D eigenvalue weighted by Crippen LogP contribution is 2.23. The first-order valence-electron chi connectivity index (χ1n) is 6.12. The molecule has 0 saturated carbocycles. The normalized spacial score (nSPS) is 11.1. The molecule has 0 unspecified atom stereocenters. The molecule has 0 heterocycles. The molecule has 18 heavy (non-hydrogen) atoms. The number of benzene rings is 1. The lowest BCUT2D eigenvalue weighted by Gasteiger charge is -2.29. The average Bonchev–Trinajstić information content (AvgIpc) is 2.27. The van der Waals surface area contributed by atoms with Crippen molar-refractivity contribution in [2.75, 3.05) is 6.54 Å². The highest BCUT2D eigenvalue weighted by molar-refractivity contribution is 9.10. The van der Waals surface area contributed by atoms with E-state index < -0.39 is 0 Å². The molecule has 1 amide bonds. The molecule has 1 aromatic carbocycles. The molecule has 0 radical (unpaired) electrons. The quantitative estimate of drug-likeness (QED) is 0.819. The Morgan fingerprint density at radius 3 is 2.44 bits per heavy atom. The summed E-state index contributed by atoms with van der Waals surface area (Å²) in [6, 6.07) is 5.73. The van der Waals surface area contributed by atoms with Gasteiger partial charge in [0.05, 0.1) is 5.56 Å². The molecule has 4 heteroatoms. The molecule has 100 valence electrons. The highest BCUT2D eigenvalue weighted by Gasteiger charge is 2.21. The lowest BCUT2D eigenvalue weighted by Crippen LogP contribution is -2.39. The van der Waals surface area contributed by atoms with Gasteiger partial charge >= 0.3 is 0 Å². The first-order valence-corrected chi connectivity index (χ1v) is 7.36. The summed E-state index contributed by atoms with van der Waals surface area (Å²) < 4.78 is 0.819. The van der Waals surface area contributed by atoms with E-state index in [9.17, 15) is 4.79 Å². The van der Waals surface area contributed by atoms with Gasteiger partial charge in [-0.25, -0.2) is 0 Å². The van der Waals surface area contributed by atoms with Crippen molar-refractivity contribution in [1.82, 2.24) is 4.90 Å². The van der Waals surface area contributed by atoms with Crippen LogP contribution < -0.4 is 0 Å². The number of carbonyl (C=O) groups excluding carboxylic acids is 1. The van der Waals surface area contributed by atoms with Crippen molar-refractivity contribution in [3.05, 3.63) is 28.2 Å². The van der Waals surface area contributed by atoms with Crippen LogP contribution in [-0.2, 0) is 0 Å². The molecule has 1 rings (SSSR count). The second-order valence-electron chi connectivity index (χ2n) is 5.11. The standard InChI is InChI=1S/C14H20BrNOS/c1-9(2)8-16(10(3)4)14(17)12-7-11(18)5-6-13(12)15/h5-7,9-10,18H,8H2,1-4H3. The maximum absolute atomic E-state index is 12.6. The Morgan fingerprint density at radius 2 is 1.94 bits per heavy atom. The van der Waals surface area contributed by atoms with Crippen LogP contribution in [0.15, 0.2) is 27.6 Å². The molecule has 1 aromatic rings. The third kappa shape index (κ3) is 4.02. The topological polar surface area (TPSA) is 20.3 Å².